The Kier molecular flexibility index (Phi) is 6.34. The maximum Gasteiger partial charge on any atom is 0.255 e. The Bertz CT molecular complexity index is 1020. The van der Waals surface area contributed by atoms with E-state index in [0.29, 0.717) is 22.9 Å². The quantitative estimate of drug-likeness (QED) is 0.434. The summed E-state index contributed by atoms with van der Waals surface area (Å²) in [5.41, 5.74) is 3.55. The van der Waals surface area contributed by atoms with Crippen molar-refractivity contribution in [3.63, 3.8) is 0 Å². The van der Waals surface area contributed by atoms with Gasteiger partial charge in [0.15, 0.2) is 0 Å². The number of rotatable bonds is 8. The molecule has 30 heavy (non-hydrogen) atoms. The highest BCUT2D eigenvalue weighted by molar-refractivity contribution is 7.16. The van der Waals surface area contributed by atoms with E-state index < -0.39 is 18.7 Å². The van der Waals surface area contributed by atoms with E-state index in [0.717, 1.165) is 36.0 Å². The van der Waals surface area contributed by atoms with Crippen molar-refractivity contribution in [2.45, 2.75) is 37.9 Å². The number of alkyl halides is 1. The van der Waals surface area contributed by atoms with Gasteiger partial charge in [0.2, 0.25) is 0 Å². The summed E-state index contributed by atoms with van der Waals surface area (Å²) in [7, 11) is 0. The minimum absolute atomic E-state index is 0.253. The van der Waals surface area contributed by atoms with Gasteiger partial charge in [0.05, 0.1) is 29.9 Å². The summed E-state index contributed by atoms with van der Waals surface area (Å²) in [6, 6.07) is 5.76. The first kappa shape index (κ1) is 20.4. The van der Waals surface area contributed by atoms with Crippen molar-refractivity contribution in [2.24, 2.45) is 0 Å². The molecule has 0 aromatic carbocycles. The molecular weight excluding hydrogens is 407 g/mol. The van der Waals surface area contributed by atoms with Crippen LogP contribution < -0.4 is 16.0 Å². The van der Waals surface area contributed by atoms with Crippen molar-refractivity contribution >= 4 is 44.9 Å². The van der Waals surface area contributed by atoms with Gasteiger partial charge in [-0.3, -0.25) is 4.79 Å². The number of anilines is 3. The summed E-state index contributed by atoms with van der Waals surface area (Å²) in [5, 5.41) is 17.9. The zero-order valence-electron chi connectivity index (χ0n) is 16.3. The van der Waals surface area contributed by atoms with Crippen LogP contribution in [0.3, 0.4) is 0 Å². The molecule has 1 aliphatic rings. The molecule has 3 heterocycles. The summed E-state index contributed by atoms with van der Waals surface area (Å²) < 4.78 is 13.3. The van der Waals surface area contributed by atoms with Crippen LogP contribution in [0.25, 0.3) is 10.3 Å². The van der Waals surface area contributed by atoms with E-state index in [1.807, 2.05) is 12.1 Å². The number of amides is 1. The lowest BCUT2D eigenvalue weighted by atomic mass is 10.1. The van der Waals surface area contributed by atoms with Crippen LogP contribution >= 0.6 is 11.3 Å². The van der Waals surface area contributed by atoms with Gasteiger partial charge in [0, 0.05) is 18.3 Å². The van der Waals surface area contributed by atoms with E-state index in [1.54, 1.807) is 11.6 Å². The smallest absolute Gasteiger partial charge is 0.255 e. The molecule has 0 aliphatic heterocycles. The summed E-state index contributed by atoms with van der Waals surface area (Å²) in [4.78, 5) is 26.5. The van der Waals surface area contributed by atoms with Crippen molar-refractivity contribution in [1.82, 2.24) is 20.3 Å². The molecule has 4 N–H and O–H groups in total. The molecule has 0 spiro atoms. The minimum Gasteiger partial charge on any atom is -0.393 e. The highest BCUT2D eigenvalue weighted by atomic mass is 32.1. The molecule has 1 aliphatic carbocycles. The van der Waals surface area contributed by atoms with Gasteiger partial charge in [-0.05, 0) is 25.0 Å². The van der Waals surface area contributed by atoms with Crippen LogP contribution in [-0.4, -0.2) is 51.3 Å². The number of carbonyl (C=O) groups excluding carboxylic acids is 1. The second-order valence-corrected chi connectivity index (χ2v) is 8.06. The van der Waals surface area contributed by atoms with Crippen molar-refractivity contribution < 1.29 is 14.3 Å². The Balaban J connectivity index is 1.56. The van der Waals surface area contributed by atoms with E-state index in [9.17, 15) is 9.18 Å². The Hall–Kier alpha value is -2.85. The van der Waals surface area contributed by atoms with Gasteiger partial charge in [-0.2, -0.15) is 0 Å². The zero-order valence-corrected chi connectivity index (χ0v) is 17.1. The van der Waals surface area contributed by atoms with E-state index in [1.165, 1.54) is 17.5 Å². The van der Waals surface area contributed by atoms with Crippen molar-refractivity contribution in [3.05, 3.63) is 35.5 Å². The maximum atomic E-state index is 13.3. The summed E-state index contributed by atoms with van der Waals surface area (Å²) in [6.07, 6.45) is 4.33. The third-order valence-electron chi connectivity index (χ3n) is 5.00. The molecule has 4 rings (SSSR count). The zero-order chi connectivity index (χ0) is 20.9. The summed E-state index contributed by atoms with van der Waals surface area (Å²) in [6.45, 7) is -0.886. The number of pyridine rings is 2. The normalized spacial score (nSPS) is 15.3. The van der Waals surface area contributed by atoms with E-state index >= 15 is 0 Å². The van der Waals surface area contributed by atoms with Gasteiger partial charge in [0.1, 0.15) is 28.2 Å². The number of nitrogens with one attached hydrogen (secondary N) is 3. The molecule has 3 aromatic heterocycles. The van der Waals surface area contributed by atoms with Crippen LogP contribution in [0.2, 0.25) is 0 Å². The molecule has 1 amide bonds. The number of aliphatic hydroxyl groups is 1. The molecular formula is C20H23FN6O2S. The van der Waals surface area contributed by atoms with Gasteiger partial charge in [-0.15, -0.1) is 11.3 Å². The summed E-state index contributed by atoms with van der Waals surface area (Å²) in [5.74, 6) is 0.739. The molecule has 1 fully saturated rings. The summed E-state index contributed by atoms with van der Waals surface area (Å²) >= 11 is 1.46. The molecule has 10 heteroatoms. The number of nitrogens with zero attached hydrogens (tertiary/aromatic N) is 3. The monoisotopic (exact) mass is 430 g/mol. The number of halogens is 1. The standard InChI is InChI=1S/C20H23FN6O2S/c21-12(10-28)8-23-19(29)14-9-22-18(7-16(14)25-13-3-1-2-4-13)26-17-6-5-15-20(27-17)30-11-24-15/h5-7,9,11-13,28H,1-4,8,10H2,(H,23,29)(H2,22,25,26,27)/t12-/m1/s1. The first-order chi connectivity index (χ1) is 14.6. The van der Waals surface area contributed by atoms with Crippen LogP contribution in [0.4, 0.5) is 21.7 Å². The van der Waals surface area contributed by atoms with E-state index in [2.05, 4.69) is 30.9 Å². The lowest BCUT2D eigenvalue weighted by Gasteiger charge is -2.18. The lowest BCUT2D eigenvalue weighted by molar-refractivity contribution is 0.0928. The largest absolute Gasteiger partial charge is 0.393 e. The van der Waals surface area contributed by atoms with E-state index in [4.69, 9.17) is 5.11 Å². The Morgan fingerprint density at radius 2 is 2.10 bits per heavy atom. The number of thiazole rings is 1. The fraction of sp³-hybridized carbons (Fsp3) is 0.400. The van der Waals surface area contributed by atoms with E-state index in [-0.39, 0.29) is 12.6 Å². The minimum atomic E-state index is -1.50. The second kappa shape index (κ2) is 9.31. The fourth-order valence-corrected chi connectivity index (χ4v) is 4.09. The van der Waals surface area contributed by atoms with Crippen molar-refractivity contribution in [2.75, 3.05) is 23.8 Å². The highest BCUT2D eigenvalue weighted by Gasteiger charge is 2.20. The molecule has 1 saturated carbocycles. The SMILES string of the molecule is O=C(NC[C@@H](F)CO)c1cnc(Nc2ccc3ncsc3n2)cc1NC1CCCC1. The first-order valence-electron chi connectivity index (χ1n) is 9.89. The molecule has 1 atom stereocenters. The average Bonchev–Trinajstić information content (AvgIpc) is 3.43. The number of fused-ring (bicyclic) bond motifs is 1. The second-order valence-electron chi connectivity index (χ2n) is 7.23. The Morgan fingerprint density at radius 1 is 1.27 bits per heavy atom. The topological polar surface area (TPSA) is 112 Å². The maximum absolute atomic E-state index is 13.3. The third-order valence-corrected chi connectivity index (χ3v) is 5.73. The highest BCUT2D eigenvalue weighted by Crippen LogP contribution is 2.27. The number of carbonyl (C=O) groups is 1. The lowest BCUT2D eigenvalue weighted by Crippen LogP contribution is -2.32. The third kappa shape index (κ3) is 4.82. The number of hydrogen-bond acceptors (Lipinski definition) is 8. The fourth-order valence-electron chi connectivity index (χ4n) is 3.43. The Morgan fingerprint density at radius 3 is 2.90 bits per heavy atom. The van der Waals surface area contributed by atoms with Gasteiger partial charge >= 0.3 is 0 Å². The predicted molar refractivity (Wildman–Crippen MR) is 115 cm³/mol. The molecule has 0 bridgehead atoms. The molecule has 8 nitrogen and oxygen atoms in total. The average molecular weight is 431 g/mol. The molecule has 3 aromatic rings. The van der Waals surface area contributed by atoms with Gasteiger partial charge in [0.25, 0.3) is 5.91 Å². The number of aliphatic hydroxyl groups excluding tert-OH is 1. The van der Waals surface area contributed by atoms with Crippen LogP contribution in [0.1, 0.15) is 36.0 Å². The van der Waals surface area contributed by atoms with Gasteiger partial charge in [-0.1, -0.05) is 12.8 Å². The Labute approximate surface area is 177 Å². The van der Waals surface area contributed by atoms with Gasteiger partial charge < -0.3 is 21.1 Å². The van der Waals surface area contributed by atoms with Crippen LogP contribution in [-0.2, 0) is 0 Å². The molecule has 0 unspecified atom stereocenters. The molecule has 0 saturated heterocycles. The van der Waals surface area contributed by atoms with Crippen molar-refractivity contribution in [3.8, 4) is 0 Å². The first-order valence-corrected chi connectivity index (χ1v) is 10.8. The molecule has 0 radical (unpaired) electrons. The van der Waals surface area contributed by atoms with Crippen LogP contribution in [0.15, 0.2) is 29.9 Å². The number of aromatic nitrogens is 3. The van der Waals surface area contributed by atoms with Crippen LogP contribution in [0.5, 0.6) is 0 Å². The van der Waals surface area contributed by atoms with Gasteiger partial charge in [-0.25, -0.2) is 19.3 Å². The number of hydrogen-bond donors (Lipinski definition) is 4. The van der Waals surface area contributed by atoms with Crippen molar-refractivity contribution in [1.29, 1.82) is 0 Å². The predicted octanol–water partition coefficient (Wildman–Crippen LogP) is 3.24. The van der Waals surface area contributed by atoms with Crippen LogP contribution in [0, 0.1) is 0 Å². The molecule has 158 valence electrons.